The van der Waals surface area contributed by atoms with Crippen LogP contribution in [0.5, 0.6) is 0 Å². The van der Waals surface area contributed by atoms with Crippen LogP contribution in [-0.2, 0) is 6.42 Å². The van der Waals surface area contributed by atoms with Gasteiger partial charge in [-0.1, -0.05) is 30.2 Å². The molecule has 1 fully saturated rings. The molecule has 1 aliphatic rings. The molecule has 1 saturated heterocycles. The molecule has 3 heteroatoms. The average Bonchev–Trinajstić information content (AvgIpc) is 2.42. The van der Waals surface area contributed by atoms with E-state index in [0.717, 1.165) is 24.5 Å². The highest BCUT2D eigenvalue weighted by Gasteiger charge is 2.32. The van der Waals surface area contributed by atoms with Gasteiger partial charge in [0.25, 0.3) is 0 Å². The van der Waals surface area contributed by atoms with Crippen LogP contribution in [0.2, 0.25) is 5.02 Å². The van der Waals surface area contributed by atoms with Crippen molar-refractivity contribution < 1.29 is 0 Å². The van der Waals surface area contributed by atoms with E-state index >= 15 is 0 Å². The summed E-state index contributed by atoms with van der Waals surface area (Å²) in [6.07, 6.45) is 4.47. The molecule has 1 aromatic carbocycles. The van der Waals surface area contributed by atoms with Crippen molar-refractivity contribution in [1.82, 2.24) is 4.90 Å². The molecule has 2 nitrogen and oxygen atoms in total. The summed E-state index contributed by atoms with van der Waals surface area (Å²) in [6.45, 7) is 4.13. The molecular formula is C15H19ClN2. The molecule has 1 unspecified atom stereocenters. The van der Waals surface area contributed by atoms with Crippen molar-refractivity contribution in [2.24, 2.45) is 0 Å². The first-order chi connectivity index (χ1) is 8.64. The predicted octanol–water partition coefficient (Wildman–Crippen LogP) is 3.65. The van der Waals surface area contributed by atoms with Gasteiger partial charge in [0.1, 0.15) is 5.54 Å². The van der Waals surface area contributed by atoms with Gasteiger partial charge in [-0.2, -0.15) is 5.26 Å². The van der Waals surface area contributed by atoms with E-state index < -0.39 is 5.54 Å². The highest BCUT2D eigenvalue weighted by Crippen LogP contribution is 2.25. The number of nitrogens with zero attached hydrogens (tertiary/aromatic N) is 2. The zero-order chi connectivity index (χ0) is 13.0. The Morgan fingerprint density at radius 1 is 1.22 bits per heavy atom. The van der Waals surface area contributed by atoms with Crippen molar-refractivity contribution in [2.75, 3.05) is 13.1 Å². The van der Waals surface area contributed by atoms with Gasteiger partial charge < -0.3 is 0 Å². The normalized spacial score (nSPS) is 20.1. The first-order valence-corrected chi connectivity index (χ1v) is 6.93. The van der Waals surface area contributed by atoms with Crippen molar-refractivity contribution in [1.29, 1.82) is 5.26 Å². The number of hydrogen-bond donors (Lipinski definition) is 0. The monoisotopic (exact) mass is 262 g/mol. The number of benzene rings is 1. The number of halogens is 1. The maximum Gasteiger partial charge on any atom is 0.110 e. The van der Waals surface area contributed by atoms with Crippen molar-refractivity contribution >= 4 is 11.6 Å². The number of rotatable bonds is 3. The Kier molecular flexibility index (Phi) is 4.27. The largest absolute Gasteiger partial charge is 0.285 e. The van der Waals surface area contributed by atoms with Gasteiger partial charge in [0.2, 0.25) is 0 Å². The lowest BCUT2D eigenvalue weighted by Crippen LogP contribution is -2.49. The lowest BCUT2D eigenvalue weighted by Gasteiger charge is -2.38. The van der Waals surface area contributed by atoms with Gasteiger partial charge in [-0.25, -0.2) is 0 Å². The summed E-state index contributed by atoms with van der Waals surface area (Å²) in [4.78, 5) is 2.32. The van der Waals surface area contributed by atoms with Gasteiger partial charge in [-0.15, -0.1) is 0 Å². The molecular weight excluding hydrogens is 244 g/mol. The third-order valence-corrected chi connectivity index (χ3v) is 4.01. The zero-order valence-electron chi connectivity index (χ0n) is 10.8. The second-order valence-corrected chi connectivity index (χ2v) is 5.67. The Morgan fingerprint density at radius 2 is 1.83 bits per heavy atom. The van der Waals surface area contributed by atoms with E-state index in [9.17, 15) is 5.26 Å². The van der Waals surface area contributed by atoms with Crippen LogP contribution in [0.1, 0.15) is 31.7 Å². The molecule has 0 N–H and O–H groups in total. The summed E-state index contributed by atoms with van der Waals surface area (Å²) in [7, 11) is 0. The molecule has 0 radical (unpaired) electrons. The maximum absolute atomic E-state index is 9.54. The fourth-order valence-corrected chi connectivity index (χ4v) is 2.74. The molecule has 1 aliphatic heterocycles. The summed E-state index contributed by atoms with van der Waals surface area (Å²) in [5, 5.41) is 10.3. The molecule has 18 heavy (non-hydrogen) atoms. The Hall–Kier alpha value is -1.04. The summed E-state index contributed by atoms with van der Waals surface area (Å²) in [5.74, 6) is 0. The first kappa shape index (κ1) is 13.4. The van der Waals surface area contributed by atoms with Crippen LogP contribution in [0.25, 0.3) is 0 Å². The second-order valence-electron chi connectivity index (χ2n) is 5.24. The molecule has 0 saturated carbocycles. The fraction of sp³-hybridized carbons (Fsp3) is 0.533. The minimum atomic E-state index is -0.395. The highest BCUT2D eigenvalue weighted by atomic mass is 35.5. The van der Waals surface area contributed by atoms with E-state index in [4.69, 9.17) is 11.6 Å². The van der Waals surface area contributed by atoms with Crippen LogP contribution < -0.4 is 0 Å². The summed E-state index contributed by atoms with van der Waals surface area (Å²) in [5.41, 5.74) is 0.780. The van der Waals surface area contributed by atoms with Crippen LogP contribution in [0.3, 0.4) is 0 Å². The molecule has 0 bridgehead atoms. The van der Waals surface area contributed by atoms with Gasteiger partial charge in [-0.05, 0) is 50.6 Å². The van der Waals surface area contributed by atoms with Crippen molar-refractivity contribution in [3.05, 3.63) is 34.9 Å². The van der Waals surface area contributed by atoms with Crippen molar-refractivity contribution in [2.45, 2.75) is 38.1 Å². The van der Waals surface area contributed by atoms with E-state index in [2.05, 4.69) is 11.0 Å². The standard InChI is InChI=1S/C15H19ClN2/c1-15(12-17,18-9-3-2-4-10-18)11-13-5-7-14(16)8-6-13/h5-8H,2-4,9-11H2,1H3. The van der Waals surface area contributed by atoms with E-state index in [1.54, 1.807) is 0 Å². The molecule has 0 aromatic heterocycles. The van der Waals surface area contributed by atoms with Gasteiger partial charge in [0.15, 0.2) is 0 Å². The van der Waals surface area contributed by atoms with E-state index in [1.165, 1.54) is 24.8 Å². The van der Waals surface area contributed by atoms with Crippen molar-refractivity contribution in [3.8, 4) is 6.07 Å². The van der Waals surface area contributed by atoms with Crippen LogP contribution in [0.4, 0.5) is 0 Å². The molecule has 1 atom stereocenters. The number of hydrogen-bond acceptors (Lipinski definition) is 2. The summed E-state index contributed by atoms with van der Waals surface area (Å²) >= 11 is 5.89. The van der Waals surface area contributed by atoms with Crippen LogP contribution >= 0.6 is 11.6 Å². The Bertz CT molecular complexity index is 429. The van der Waals surface area contributed by atoms with Gasteiger partial charge in [0.05, 0.1) is 6.07 Å². The third-order valence-electron chi connectivity index (χ3n) is 3.76. The topological polar surface area (TPSA) is 27.0 Å². The number of likely N-dealkylation sites (tertiary alicyclic amines) is 1. The Balaban J connectivity index is 2.12. The molecule has 2 rings (SSSR count). The number of nitriles is 1. The minimum Gasteiger partial charge on any atom is -0.285 e. The quantitative estimate of drug-likeness (QED) is 0.831. The first-order valence-electron chi connectivity index (χ1n) is 6.55. The molecule has 96 valence electrons. The van der Waals surface area contributed by atoms with Gasteiger partial charge >= 0.3 is 0 Å². The van der Waals surface area contributed by atoms with Crippen LogP contribution in [-0.4, -0.2) is 23.5 Å². The molecule has 1 heterocycles. The second kappa shape index (κ2) is 5.73. The molecule has 1 aromatic rings. The maximum atomic E-state index is 9.54. The zero-order valence-corrected chi connectivity index (χ0v) is 11.6. The van der Waals surface area contributed by atoms with E-state index in [1.807, 2.05) is 31.2 Å². The third kappa shape index (κ3) is 3.04. The molecule has 0 amide bonds. The highest BCUT2D eigenvalue weighted by molar-refractivity contribution is 6.30. The number of piperidine rings is 1. The average molecular weight is 263 g/mol. The van der Waals surface area contributed by atoms with Crippen LogP contribution in [0.15, 0.2) is 24.3 Å². The smallest absolute Gasteiger partial charge is 0.110 e. The van der Waals surface area contributed by atoms with Crippen LogP contribution in [0, 0.1) is 11.3 Å². The molecule has 0 aliphatic carbocycles. The molecule has 0 spiro atoms. The summed E-state index contributed by atoms with van der Waals surface area (Å²) < 4.78 is 0. The fourth-order valence-electron chi connectivity index (χ4n) is 2.61. The van der Waals surface area contributed by atoms with E-state index in [-0.39, 0.29) is 0 Å². The van der Waals surface area contributed by atoms with Crippen molar-refractivity contribution in [3.63, 3.8) is 0 Å². The van der Waals surface area contributed by atoms with Gasteiger partial charge in [0, 0.05) is 11.4 Å². The Labute approximate surface area is 114 Å². The Morgan fingerprint density at radius 3 is 2.39 bits per heavy atom. The minimum absolute atomic E-state index is 0.395. The van der Waals surface area contributed by atoms with E-state index in [0.29, 0.717) is 0 Å². The lowest BCUT2D eigenvalue weighted by atomic mass is 9.90. The summed E-state index contributed by atoms with van der Waals surface area (Å²) in [6, 6.07) is 10.3. The lowest BCUT2D eigenvalue weighted by molar-refractivity contribution is 0.124. The predicted molar refractivity (Wildman–Crippen MR) is 74.6 cm³/mol. The SMILES string of the molecule is CC(C#N)(Cc1ccc(Cl)cc1)N1CCCCC1. The van der Waals surface area contributed by atoms with Gasteiger partial charge in [-0.3, -0.25) is 4.90 Å².